The first kappa shape index (κ1) is 35.9. The lowest BCUT2D eigenvalue weighted by Crippen LogP contribution is -1.85. The van der Waals surface area contributed by atoms with Crippen molar-refractivity contribution < 1.29 is 4.42 Å². The van der Waals surface area contributed by atoms with Crippen molar-refractivity contribution in [3.05, 3.63) is 70.4 Å². The summed E-state index contributed by atoms with van der Waals surface area (Å²) in [4.78, 5) is 2.74. The van der Waals surface area contributed by atoms with Crippen molar-refractivity contribution in [3.63, 3.8) is 0 Å². The maximum Gasteiger partial charge on any atom is 0.135 e. The third kappa shape index (κ3) is 11.4. The Hall–Kier alpha value is -2.36. The van der Waals surface area contributed by atoms with Crippen molar-refractivity contribution in [2.75, 3.05) is 0 Å². The molecule has 2 aromatic carbocycles. The summed E-state index contributed by atoms with van der Waals surface area (Å²) in [5.74, 6) is 0. The Morgan fingerprint density at radius 3 is 1.17 bits per heavy atom. The molecular weight excluding hydrogens is 609 g/mol. The van der Waals surface area contributed by atoms with Gasteiger partial charge in [0.05, 0.1) is 0 Å². The minimum absolute atomic E-state index is 0.982. The molecule has 0 aliphatic heterocycles. The molecule has 0 amide bonds. The van der Waals surface area contributed by atoms with Gasteiger partial charge in [-0.1, -0.05) is 129 Å². The predicted octanol–water partition coefficient (Wildman–Crippen LogP) is 16.0. The molecule has 5 rings (SSSR count). The highest BCUT2D eigenvalue weighted by Crippen LogP contribution is 2.38. The summed E-state index contributed by atoms with van der Waals surface area (Å²) >= 11 is 3.78. The maximum atomic E-state index is 6.29. The highest BCUT2D eigenvalue weighted by atomic mass is 32.1. The van der Waals surface area contributed by atoms with Crippen LogP contribution in [0, 0.1) is 0 Å². The molecule has 0 spiro atoms. The fourth-order valence-electron chi connectivity index (χ4n) is 7.03. The van der Waals surface area contributed by atoms with Gasteiger partial charge in [0, 0.05) is 20.5 Å². The number of hydrogen-bond donors (Lipinski definition) is 0. The van der Waals surface area contributed by atoms with Gasteiger partial charge in [0.15, 0.2) is 0 Å². The minimum atomic E-state index is 0.982. The van der Waals surface area contributed by atoms with Gasteiger partial charge in [0.2, 0.25) is 0 Å². The first-order valence-corrected chi connectivity index (χ1v) is 21.1. The van der Waals surface area contributed by atoms with E-state index < -0.39 is 0 Å². The van der Waals surface area contributed by atoms with Crippen LogP contribution in [0.4, 0.5) is 0 Å². The van der Waals surface area contributed by atoms with E-state index in [1.807, 2.05) is 22.7 Å². The Labute approximate surface area is 294 Å². The fourth-order valence-corrected chi connectivity index (χ4v) is 8.93. The Morgan fingerprint density at radius 1 is 0.426 bits per heavy atom. The average molecular weight is 669 g/mol. The van der Waals surface area contributed by atoms with E-state index in [-0.39, 0.29) is 0 Å². The van der Waals surface area contributed by atoms with Gasteiger partial charge in [0.1, 0.15) is 11.2 Å². The normalized spacial score (nSPS) is 11.8. The summed E-state index contributed by atoms with van der Waals surface area (Å²) in [5.41, 5.74) is 7.57. The van der Waals surface area contributed by atoms with Crippen LogP contribution < -0.4 is 0 Å². The lowest BCUT2D eigenvalue weighted by molar-refractivity contribution is 0.556. The van der Waals surface area contributed by atoms with E-state index in [4.69, 9.17) is 4.42 Å². The van der Waals surface area contributed by atoms with Crippen molar-refractivity contribution in [2.24, 2.45) is 0 Å². The highest BCUT2D eigenvalue weighted by Gasteiger charge is 2.12. The Morgan fingerprint density at radius 2 is 0.787 bits per heavy atom. The Kier molecular flexibility index (Phi) is 15.5. The molecule has 1 nitrogen and oxygen atoms in total. The monoisotopic (exact) mass is 668 g/mol. The van der Waals surface area contributed by atoms with Gasteiger partial charge in [-0.2, -0.15) is 0 Å². The molecule has 254 valence electrons. The van der Waals surface area contributed by atoms with E-state index in [9.17, 15) is 0 Å². The van der Waals surface area contributed by atoms with Crippen LogP contribution in [0.5, 0.6) is 0 Å². The van der Waals surface area contributed by atoms with E-state index in [1.54, 1.807) is 0 Å². The quantitative estimate of drug-likeness (QED) is 0.0596. The fraction of sp³-hybridized carbons (Fsp3) is 0.545. The van der Waals surface area contributed by atoms with E-state index in [2.05, 4.69) is 73.1 Å². The maximum absolute atomic E-state index is 6.29. The van der Waals surface area contributed by atoms with Crippen LogP contribution >= 0.6 is 22.7 Å². The van der Waals surface area contributed by atoms with E-state index in [1.165, 1.54) is 184 Å². The first-order valence-electron chi connectivity index (χ1n) is 19.4. The summed E-state index contributed by atoms with van der Waals surface area (Å²) in [6.45, 7) is 4.59. The van der Waals surface area contributed by atoms with E-state index in [0.717, 1.165) is 11.2 Å². The van der Waals surface area contributed by atoms with Gasteiger partial charge < -0.3 is 4.42 Å². The minimum Gasteiger partial charge on any atom is -0.456 e. The molecule has 0 aliphatic carbocycles. The zero-order chi connectivity index (χ0) is 32.5. The topological polar surface area (TPSA) is 13.1 Å². The van der Waals surface area contributed by atoms with Crippen molar-refractivity contribution in [1.29, 1.82) is 0 Å². The number of furan rings is 1. The molecule has 0 radical (unpaired) electrons. The summed E-state index contributed by atoms with van der Waals surface area (Å²) in [5, 5.41) is 7.21. The van der Waals surface area contributed by atoms with Crippen molar-refractivity contribution in [2.45, 2.75) is 155 Å². The van der Waals surface area contributed by atoms with Gasteiger partial charge in [-0.25, -0.2) is 0 Å². The van der Waals surface area contributed by atoms with Gasteiger partial charge in [-0.15, -0.1) is 22.7 Å². The number of thiophene rings is 2. The molecule has 3 heterocycles. The molecular formula is C44H60OS2. The van der Waals surface area contributed by atoms with Crippen LogP contribution in [-0.4, -0.2) is 0 Å². The molecule has 0 N–H and O–H groups in total. The van der Waals surface area contributed by atoms with Crippen molar-refractivity contribution in [3.8, 4) is 20.9 Å². The largest absolute Gasteiger partial charge is 0.456 e. The molecule has 0 bridgehead atoms. The molecule has 3 heteroatoms. The second-order valence-electron chi connectivity index (χ2n) is 14.0. The van der Waals surface area contributed by atoms with Crippen LogP contribution in [-0.2, 0) is 12.8 Å². The summed E-state index contributed by atoms with van der Waals surface area (Å²) in [6.07, 6.45) is 30.3. The zero-order valence-electron chi connectivity index (χ0n) is 29.6. The number of aryl methyl sites for hydroxylation is 2. The van der Waals surface area contributed by atoms with Crippen LogP contribution in [0.3, 0.4) is 0 Å². The number of benzene rings is 2. The molecule has 0 unspecified atom stereocenters. The van der Waals surface area contributed by atoms with Crippen molar-refractivity contribution in [1.82, 2.24) is 0 Å². The summed E-state index contributed by atoms with van der Waals surface area (Å²) in [7, 11) is 0. The van der Waals surface area contributed by atoms with Crippen LogP contribution in [0.15, 0.2) is 63.7 Å². The third-order valence-electron chi connectivity index (χ3n) is 9.98. The van der Waals surface area contributed by atoms with Crippen LogP contribution in [0.25, 0.3) is 42.8 Å². The Balaban J connectivity index is 1.10. The lowest BCUT2D eigenvalue weighted by atomic mass is 10.0. The van der Waals surface area contributed by atoms with E-state index in [0.29, 0.717) is 0 Å². The molecule has 47 heavy (non-hydrogen) atoms. The molecule has 3 aromatic heterocycles. The molecule has 0 saturated carbocycles. The van der Waals surface area contributed by atoms with Gasteiger partial charge in [-0.3, -0.25) is 0 Å². The second-order valence-corrected chi connectivity index (χ2v) is 15.8. The number of hydrogen-bond acceptors (Lipinski definition) is 3. The lowest BCUT2D eigenvalue weighted by Gasteiger charge is -2.02. The van der Waals surface area contributed by atoms with E-state index >= 15 is 0 Å². The molecule has 0 saturated heterocycles. The third-order valence-corrected chi connectivity index (χ3v) is 12.0. The number of unbranched alkanes of at least 4 members (excludes halogenated alkanes) is 18. The molecule has 0 atom stereocenters. The van der Waals surface area contributed by atoms with Gasteiger partial charge in [-0.05, 0) is 107 Å². The van der Waals surface area contributed by atoms with Crippen LogP contribution in [0.1, 0.15) is 153 Å². The summed E-state index contributed by atoms with van der Waals surface area (Å²) < 4.78 is 6.29. The number of fused-ring (bicyclic) bond motifs is 3. The zero-order valence-corrected chi connectivity index (χ0v) is 31.2. The average Bonchev–Trinajstić information content (AvgIpc) is 3.85. The number of rotatable bonds is 24. The predicted molar refractivity (Wildman–Crippen MR) is 211 cm³/mol. The smallest absolute Gasteiger partial charge is 0.135 e. The van der Waals surface area contributed by atoms with Gasteiger partial charge >= 0.3 is 0 Å². The second kappa shape index (κ2) is 20.2. The highest BCUT2D eigenvalue weighted by molar-refractivity contribution is 7.14. The summed E-state index contributed by atoms with van der Waals surface area (Å²) in [6, 6.07) is 18.4. The molecule has 0 fully saturated rings. The molecule has 5 aromatic rings. The standard InChI is InChI=1S/C44H60OS2/c1-3-5-7-9-11-13-15-17-19-21-23-35-29-43(46-33-35)37-25-27-41-39(31-37)40-32-38(26-28-42(40)45-41)44-30-36(34-47-44)24-22-20-18-16-14-12-10-8-6-4-2/h25-34H,3-24H2,1-2H3. The van der Waals surface area contributed by atoms with Crippen LogP contribution in [0.2, 0.25) is 0 Å². The van der Waals surface area contributed by atoms with Gasteiger partial charge in [0.25, 0.3) is 0 Å². The molecule has 0 aliphatic rings. The Bertz CT molecular complexity index is 1470. The first-order chi connectivity index (χ1) is 23.2. The SMILES string of the molecule is CCCCCCCCCCCCc1csc(-c2ccc3oc4ccc(-c5cc(CCCCCCCCCCCC)cs5)cc4c3c2)c1. The van der Waals surface area contributed by atoms with Crippen molar-refractivity contribution >= 4 is 44.6 Å².